The van der Waals surface area contributed by atoms with E-state index in [-0.39, 0.29) is 17.5 Å². The Morgan fingerprint density at radius 2 is 1.91 bits per heavy atom. The lowest BCUT2D eigenvalue weighted by Gasteiger charge is -2.14. The van der Waals surface area contributed by atoms with E-state index in [2.05, 4.69) is 15.3 Å². The van der Waals surface area contributed by atoms with Crippen molar-refractivity contribution in [3.05, 3.63) is 69.2 Å². The number of rotatable bonds is 8. The molecular formula is C24H26N4O3S. The molecule has 1 amide bonds. The highest BCUT2D eigenvalue weighted by Gasteiger charge is 2.13. The van der Waals surface area contributed by atoms with Crippen LogP contribution in [0.2, 0.25) is 0 Å². The van der Waals surface area contributed by atoms with Crippen molar-refractivity contribution in [2.45, 2.75) is 38.8 Å². The van der Waals surface area contributed by atoms with Gasteiger partial charge in [0.05, 0.1) is 18.7 Å². The molecule has 2 aromatic heterocycles. The number of H-pyrrole nitrogens is 2. The molecule has 2 aromatic carbocycles. The number of fused-ring (bicyclic) bond motifs is 3. The molecule has 0 radical (unpaired) electrons. The smallest absolute Gasteiger partial charge is 0.278 e. The topological polar surface area (TPSA) is 91.9 Å². The summed E-state index contributed by atoms with van der Waals surface area (Å²) in [4.78, 5) is 31.7. The Hall–Kier alpha value is -3.39. The van der Waals surface area contributed by atoms with E-state index in [9.17, 15) is 9.59 Å². The molecule has 0 bridgehead atoms. The number of hydrogen-bond donors (Lipinski definition) is 3. The zero-order valence-corrected chi connectivity index (χ0v) is 18.9. The minimum Gasteiger partial charge on any atom is -0.497 e. The van der Waals surface area contributed by atoms with E-state index >= 15 is 0 Å². The van der Waals surface area contributed by atoms with Crippen LogP contribution in [0.25, 0.3) is 21.9 Å². The second-order valence-corrected chi connectivity index (χ2v) is 8.22. The van der Waals surface area contributed by atoms with Crippen LogP contribution in [0.4, 0.5) is 0 Å². The zero-order chi connectivity index (χ0) is 22.7. The number of aromatic amines is 2. The van der Waals surface area contributed by atoms with E-state index in [1.165, 1.54) is 0 Å². The van der Waals surface area contributed by atoms with E-state index in [1.807, 2.05) is 55.5 Å². The zero-order valence-electron chi connectivity index (χ0n) is 18.1. The van der Waals surface area contributed by atoms with Crippen LogP contribution in [0.15, 0.2) is 53.3 Å². The molecule has 0 aliphatic heterocycles. The summed E-state index contributed by atoms with van der Waals surface area (Å²) in [6.07, 6.45) is 1.73. The Bertz CT molecular complexity index is 1370. The Kier molecular flexibility index (Phi) is 6.41. The largest absolute Gasteiger partial charge is 0.497 e. The average Bonchev–Trinajstić information content (AvgIpc) is 3.16. The molecule has 8 heteroatoms. The van der Waals surface area contributed by atoms with Crippen LogP contribution in [0.1, 0.15) is 37.8 Å². The van der Waals surface area contributed by atoms with Crippen molar-refractivity contribution in [3.63, 3.8) is 0 Å². The Morgan fingerprint density at radius 1 is 1.12 bits per heavy atom. The first-order chi connectivity index (χ1) is 15.5. The van der Waals surface area contributed by atoms with Gasteiger partial charge in [0.1, 0.15) is 11.3 Å². The number of amides is 1. The maximum absolute atomic E-state index is 13.0. The van der Waals surface area contributed by atoms with Gasteiger partial charge in [0.15, 0.2) is 4.77 Å². The van der Waals surface area contributed by atoms with Gasteiger partial charge < -0.3 is 20.0 Å². The van der Waals surface area contributed by atoms with Gasteiger partial charge in [0.25, 0.3) is 5.56 Å². The number of nitrogens with one attached hydrogen (secondary N) is 3. The number of carbonyl (C=O) groups excluding carboxylic acids is 1. The molecule has 7 nitrogen and oxygen atoms in total. The molecule has 0 saturated carbocycles. The molecule has 2 heterocycles. The van der Waals surface area contributed by atoms with Crippen LogP contribution in [-0.2, 0) is 11.3 Å². The van der Waals surface area contributed by atoms with E-state index in [0.29, 0.717) is 47.4 Å². The maximum atomic E-state index is 13.0. The molecule has 0 spiro atoms. The molecule has 0 saturated heterocycles. The molecule has 1 atom stereocenters. The van der Waals surface area contributed by atoms with E-state index in [1.54, 1.807) is 11.7 Å². The van der Waals surface area contributed by atoms with E-state index in [4.69, 9.17) is 17.0 Å². The van der Waals surface area contributed by atoms with Crippen LogP contribution in [0, 0.1) is 4.77 Å². The van der Waals surface area contributed by atoms with Crippen LogP contribution >= 0.6 is 12.2 Å². The summed E-state index contributed by atoms with van der Waals surface area (Å²) in [6, 6.07) is 15.4. The second kappa shape index (κ2) is 9.40. The molecular weight excluding hydrogens is 424 g/mol. The fraction of sp³-hybridized carbons (Fsp3) is 0.292. The van der Waals surface area contributed by atoms with E-state index < -0.39 is 0 Å². The first-order valence-electron chi connectivity index (χ1n) is 10.6. The molecule has 0 aliphatic rings. The van der Waals surface area contributed by atoms with Crippen molar-refractivity contribution in [1.29, 1.82) is 0 Å². The van der Waals surface area contributed by atoms with Gasteiger partial charge in [0, 0.05) is 23.9 Å². The lowest BCUT2D eigenvalue weighted by Crippen LogP contribution is -2.26. The normalized spacial score (nSPS) is 12.2. The minimum absolute atomic E-state index is 0.00104. The predicted molar refractivity (Wildman–Crippen MR) is 129 cm³/mol. The van der Waals surface area contributed by atoms with Crippen molar-refractivity contribution < 1.29 is 9.53 Å². The minimum atomic E-state index is -0.166. The first-order valence-corrected chi connectivity index (χ1v) is 11.1. The fourth-order valence-electron chi connectivity index (χ4n) is 3.89. The molecule has 4 rings (SSSR count). The Labute approximate surface area is 190 Å². The van der Waals surface area contributed by atoms with E-state index in [0.717, 1.165) is 16.5 Å². The standard InChI is InChI=1S/C24H26N4O3S/c1-15(16-8-4-3-5-9-16)25-20(29)10-6-7-13-28-23(30)22-21(27-24(28)32)18-14-17(31-2)11-12-19(18)26-22/h3-5,8-9,11-12,14-15,26H,6-7,10,13H2,1-2H3,(H,25,29)(H,27,32)/t15-/m1/s1. The summed E-state index contributed by atoms with van der Waals surface area (Å²) < 4.78 is 7.21. The molecule has 0 fully saturated rings. The van der Waals surface area contributed by atoms with Crippen molar-refractivity contribution in [2.24, 2.45) is 0 Å². The van der Waals surface area contributed by atoms with Gasteiger partial charge in [-0.1, -0.05) is 30.3 Å². The Balaban J connectivity index is 1.41. The Morgan fingerprint density at radius 3 is 2.66 bits per heavy atom. The van der Waals surface area contributed by atoms with Gasteiger partial charge in [-0.2, -0.15) is 0 Å². The van der Waals surface area contributed by atoms with Crippen LogP contribution in [0.3, 0.4) is 0 Å². The molecule has 3 N–H and O–H groups in total. The van der Waals surface area contributed by atoms with Crippen molar-refractivity contribution in [1.82, 2.24) is 19.9 Å². The van der Waals surface area contributed by atoms with Gasteiger partial charge >= 0.3 is 0 Å². The third kappa shape index (κ3) is 4.45. The number of methoxy groups -OCH3 is 1. The van der Waals surface area contributed by atoms with Crippen molar-refractivity contribution >= 4 is 40.1 Å². The van der Waals surface area contributed by atoms with Gasteiger partial charge in [-0.05, 0) is 55.7 Å². The number of benzene rings is 2. The number of aromatic nitrogens is 3. The first kappa shape index (κ1) is 21.8. The predicted octanol–water partition coefficient (Wildman–Crippen LogP) is 4.60. The highest BCUT2D eigenvalue weighted by atomic mass is 32.1. The summed E-state index contributed by atoms with van der Waals surface area (Å²) >= 11 is 5.45. The van der Waals surface area contributed by atoms with Gasteiger partial charge in [-0.3, -0.25) is 14.2 Å². The SMILES string of the molecule is COc1ccc2[nH]c3c(=O)n(CCCCC(=O)N[C@H](C)c4ccccc4)c(=S)[nH]c3c2c1. The number of unbranched alkanes of at least 4 members (excludes halogenated alkanes) is 1. The third-order valence-corrected chi connectivity index (χ3v) is 5.98. The highest BCUT2D eigenvalue weighted by molar-refractivity contribution is 7.71. The number of hydrogen-bond acceptors (Lipinski definition) is 4. The molecule has 32 heavy (non-hydrogen) atoms. The summed E-state index contributed by atoms with van der Waals surface area (Å²) in [5, 5.41) is 3.88. The number of carbonyl (C=O) groups is 1. The van der Waals surface area contributed by atoms with Gasteiger partial charge in [-0.15, -0.1) is 0 Å². The lowest BCUT2D eigenvalue weighted by molar-refractivity contribution is -0.121. The molecule has 0 aliphatic carbocycles. The quantitative estimate of drug-likeness (QED) is 0.270. The van der Waals surface area contributed by atoms with Crippen LogP contribution in [0.5, 0.6) is 5.75 Å². The maximum Gasteiger partial charge on any atom is 0.278 e. The van der Waals surface area contributed by atoms with Gasteiger partial charge in [0.2, 0.25) is 5.91 Å². The van der Waals surface area contributed by atoms with Crippen LogP contribution < -0.4 is 15.6 Å². The van der Waals surface area contributed by atoms with Crippen molar-refractivity contribution in [2.75, 3.05) is 7.11 Å². The molecule has 4 aromatic rings. The lowest BCUT2D eigenvalue weighted by atomic mass is 10.1. The summed E-state index contributed by atoms with van der Waals surface area (Å²) in [6.45, 7) is 2.42. The number of nitrogens with zero attached hydrogens (tertiary/aromatic N) is 1. The molecule has 0 unspecified atom stereocenters. The van der Waals surface area contributed by atoms with Gasteiger partial charge in [-0.25, -0.2) is 0 Å². The summed E-state index contributed by atoms with van der Waals surface area (Å²) in [7, 11) is 1.60. The average molecular weight is 451 g/mol. The van der Waals surface area contributed by atoms with Crippen molar-refractivity contribution in [3.8, 4) is 5.75 Å². The highest BCUT2D eigenvalue weighted by Crippen LogP contribution is 2.25. The second-order valence-electron chi connectivity index (χ2n) is 7.83. The number of ether oxygens (including phenoxy) is 1. The fourth-order valence-corrected chi connectivity index (χ4v) is 4.16. The summed E-state index contributed by atoms with van der Waals surface area (Å²) in [5.74, 6) is 0.709. The summed E-state index contributed by atoms with van der Waals surface area (Å²) in [5.41, 5.74) is 2.91. The third-order valence-electron chi connectivity index (χ3n) is 5.65. The molecule has 166 valence electrons. The van der Waals surface area contributed by atoms with Crippen LogP contribution in [-0.4, -0.2) is 27.6 Å². The monoisotopic (exact) mass is 450 g/mol.